The highest BCUT2D eigenvalue weighted by molar-refractivity contribution is 9.10. The largest absolute Gasteiger partial charge is 0.297 e. The third-order valence-electron chi connectivity index (χ3n) is 5.88. The zero-order valence-electron chi connectivity index (χ0n) is 15.1. The summed E-state index contributed by atoms with van der Waals surface area (Å²) in [5, 5.41) is 0. The molecule has 0 saturated carbocycles. The fourth-order valence-electron chi connectivity index (χ4n) is 4.69. The number of rotatable bonds is 3. The highest BCUT2D eigenvalue weighted by Crippen LogP contribution is 2.51. The average Bonchev–Trinajstić information content (AvgIpc) is 2.95. The summed E-state index contributed by atoms with van der Waals surface area (Å²) in [4.78, 5) is 0.191. The van der Waals surface area contributed by atoms with Crippen LogP contribution in [0.2, 0.25) is 0 Å². The van der Waals surface area contributed by atoms with E-state index < -0.39 is 16.2 Å². The number of hydrogen-bond acceptors (Lipinski definition) is 3. The second-order valence-electron chi connectivity index (χ2n) is 7.41. The van der Waals surface area contributed by atoms with Crippen LogP contribution in [0.4, 0.5) is 0 Å². The molecule has 0 amide bonds. The van der Waals surface area contributed by atoms with Gasteiger partial charge < -0.3 is 0 Å². The van der Waals surface area contributed by atoms with Gasteiger partial charge in [-0.15, -0.1) is 0 Å². The Bertz CT molecular complexity index is 1090. The first-order valence-electron chi connectivity index (χ1n) is 9.41. The Labute approximate surface area is 173 Å². The molecule has 5 heteroatoms. The molecule has 0 spiro atoms. The molecule has 1 atom stereocenters. The van der Waals surface area contributed by atoms with Gasteiger partial charge in [-0.3, -0.25) is 4.18 Å². The molecule has 6 rings (SSSR count). The molecule has 0 fully saturated rings. The summed E-state index contributed by atoms with van der Waals surface area (Å²) in [5.74, 6) is 0.226. The van der Waals surface area contributed by atoms with E-state index in [1.165, 1.54) is 22.3 Å². The molecule has 0 aromatic heterocycles. The van der Waals surface area contributed by atoms with Crippen LogP contribution in [0.1, 0.15) is 46.9 Å². The van der Waals surface area contributed by atoms with Gasteiger partial charge in [-0.05, 0) is 59.4 Å². The van der Waals surface area contributed by atoms with Crippen LogP contribution in [0.3, 0.4) is 0 Å². The lowest BCUT2D eigenvalue weighted by atomic mass is 9.73. The number of fused-ring (bicyclic) bond motifs is 2. The van der Waals surface area contributed by atoms with E-state index >= 15 is 0 Å². The van der Waals surface area contributed by atoms with Crippen molar-refractivity contribution in [1.29, 1.82) is 0 Å². The number of halogens is 1. The Balaban J connectivity index is 1.59. The monoisotopic (exact) mass is 454 g/mol. The summed E-state index contributed by atoms with van der Waals surface area (Å²) in [5.41, 5.74) is 5.00. The molecule has 0 saturated heterocycles. The third kappa shape index (κ3) is 2.93. The van der Waals surface area contributed by atoms with E-state index in [1.807, 2.05) is 12.1 Å². The zero-order chi connectivity index (χ0) is 19.3. The van der Waals surface area contributed by atoms with Crippen LogP contribution < -0.4 is 0 Å². The zero-order valence-corrected chi connectivity index (χ0v) is 17.5. The second kappa shape index (κ2) is 6.83. The van der Waals surface area contributed by atoms with Gasteiger partial charge in [0.2, 0.25) is 0 Å². The molecule has 0 radical (unpaired) electrons. The van der Waals surface area contributed by atoms with Crippen LogP contribution in [-0.2, 0) is 14.3 Å². The summed E-state index contributed by atoms with van der Waals surface area (Å²) in [7, 11) is -3.84. The van der Waals surface area contributed by atoms with Gasteiger partial charge in [0, 0.05) is 16.3 Å². The van der Waals surface area contributed by atoms with E-state index in [4.69, 9.17) is 4.18 Å². The smallest absolute Gasteiger partial charge is 0.262 e. The molecule has 0 aliphatic heterocycles. The van der Waals surface area contributed by atoms with E-state index in [2.05, 4.69) is 52.3 Å². The summed E-state index contributed by atoms with van der Waals surface area (Å²) in [6.45, 7) is 0. The van der Waals surface area contributed by atoms with Gasteiger partial charge in [-0.1, -0.05) is 64.5 Å². The molecule has 3 aromatic carbocycles. The van der Waals surface area contributed by atoms with Crippen LogP contribution in [0.5, 0.6) is 0 Å². The molecule has 0 N–H and O–H groups in total. The van der Waals surface area contributed by atoms with E-state index in [9.17, 15) is 8.42 Å². The van der Waals surface area contributed by atoms with Crippen molar-refractivity contribution in [2.24, 2.45) is 0 Å². The van der Waals surface area contributed by atoms with E-state index in [-0.39, 0.29) is 10.8 Å². The van der Waals surface area contributed by atoms with Gasteiger partial charge >= 0.3 is 0 Å². The molecule has 2 bridgehead atoms. The third-order valence-corrected chi connectivity index (χ3v) is 7.76. The lowest BCUT2D eigenvalue weighted by molar-refractivity contribution is 0.183. The minimum Gasteiger partial charge on any atom is -0.262 e. The fraction of sp³-hybridized carbons (Fsp3) is 0.217. The topological polar surface area (TPSA) is 43.4 Å². The molecule has 3 aliphatic carbocycles. The SMILES string of the molecule is O=S(=O)(OC1CCC2c3ccccc3C1c1ccccc12)c1ccc(Br)cc1. The van der Waals surface area contributed by atoms with Crippen molar-refractivity contribution in [2.75, 3.05) is 0 Å². The predicted molar refractivity (Wildman–Crippen MR) is 112 cm³/mol. The maximum Gasteiger partial charge on any atom is 0.297 e. The van der Waals surface area contributed by atoms with Crippen molar-refractivity contribution in [3.8, 4) is 0 Å². The number of benzene rings is 3. The van der Waals surface area contributed by atoms with Crippen LogP contribution in [0.15, 0.2) is 82.2 Å². The minimum atomic E-state index is -3.84. The van der Waals surface area contributed by atoms with Crippen molar-refractivity contribution in [2.45, 2.75) is 35.7 Å². The van der Waals surface area contributed by atoms with Crippen molar-refractivity contribution >= 4 is 26.0 Å². The Morgan fingerprint density at radius 2 is 1.29 bits per heavy atom. The fourth-order valence-corrected chi connectivity index (χ4v) is 6.07. The molecule has 3 nitrogen and oxygen atoms in total. The van der Waals surface area contributed by atoms with Crippen LogP contribution >= 0.6 is 15.9 Å². The maximum absolute atomic E-state index is 13.0. The maximum atomic E-state index is 13.0. The van der Waals surface area contributed by atoms with Gasteiger partial charge in [0.25, 0.3) is 10.1 Å². The quantitative estimate of drug-likeness (QED) is 0.484. The van der Waals surface area contributed by atoms with E-state index in [1.54, 1.807) is 24.3 Å². The Morgan fingerprint density at radius 3 is 1.86 bits per heavy atom. The number of hydrogen-bond donors (Lipinski definition) is 0. The molecule has 3 aromatic rings. The first-order chi connectivity index (χ1) is 13.5. The van der Waals surface area contributed by atoms with Crippen LogP contribution in [-0.4, -0.2) is 14.5 Å². The molecule has 0 heterocycles. The lowest BCUT2D eigenvalue weighted by Gasteiger charge is -2.32. The predicted octanol–water partition coefficient (Wildman–Crippen LogP) is 5.59. The van der Waals surface area contributed by atoms with Gasteiger partial charge in [-0.25, -0.2) is 0 Å². The molecular weight excluding hydrogens is 436 g/mol. The highest BCUT2D eigenvalue weighted by atomic mass is 79.9. The van der Waals surface area contributed by atoms with Gasteiger partial charge in [0.1, 0.15) is 0 Å². The molecule has 1 unspecified atom stereocenters. The Morgan fingerprint density at radius 1 is 0.750 bits per heavy atom. The van der Waals surface area contributed by atoms with Crippen molar-refractivity contribution in [3.05, 3.63) is 99.5 Å². The standard InChI is InChI=1S/C23H19BrO3S/c24-15-9-11-16(12-10-15)28(25,26)27-22-14-13-19-17-5-1-3-7-20(17)23(22)21-8-4-2-6-18(19)21/h1-12,19,22-23H,13-14H2. The van der Waals surface area contributed by atoms with Crippen molar-refractivity contribution < 1.29 is 12.6 Å². The summed E-state index contributed by atoms with van der Waals surface area (Å²) in [6, 6.07) is 23.4. The van der Waals surface area contributed by atoms with E-state index in [0.29, 0.717) is 12.3 Å². The summed E-state index contributed by atoms with van der Waals surface area (Å²) in [6.07, 6.45) is 1.17. The normalized spacial score (nSPS) is 23.0. The summed E-state index contributed by atoms with van der Waals surface area (Å²) >= 11 is 3.35. The van der Waals surface area contributed by atoms with Crippen LogP contribution in [0.25, 0.3) is 0 Å². The van der Waals surface area contributed by atoms with Crippen molar-refractivity contribution in [1.82, 2.24) is 0 Å². The first kappa shape index (κ1) is 18.1. The Kier molecular flexibility index (Phi) is 4.42. The minimum absolute atomic E-state index is 0.0728. The highest BCUT2D eigenvalue weighted by Gasteiger charge is 2.42. The molecular formula is C23H19BrO3S. The Hall–Kier alpha value is -1.95. The van der Waals surface area contributed by atoms with Crippen molar-refractivity contribution in [3.63, 3.8) is 0 Å². The molecule has 142 valence electrons. The van der Waals surface area contributed by atoms with E-state index in [0.717, 1.165) is 10.9 Å². The lowest BCUT2D eigenvalue weighted by Crippen LogP contribution is -2.27. The van der Waals surface area contributed by atoms with Crippen LogP contribution in [0, 0.1) is 0 Å². The van der Waals surface area contributed by atoms with Gasteiger partial charge in [0.15, 0.2) is 0 Å². The molecule has 28 heavy (non-hydrogen) atoms. The second-order valence-corrected chi connectivity index (χ2v) is 9.90. The first-order valence-corrected chi connectivity index (χ1v) is 11.6. The molecule has 3 aliphatic rings. The average molecular weight is 455 g/mol. The summed E-state index contributed by atoms with van der Waals surface area (Å²) < 4.78 is 32.7. The van der Waals surface area contributed by atoms with Gasteiger partial charge in [0.05, 0.1) is 11.0 Å². The van der Waals surface area contributed by atoms with Gasteiger partial charge in [-0.2, -0.15) is 8.42 Å².